The molecule has 2 aliphatic heterocycles. The lowest BCUT2D eigenvalue weighted by Crippen LogP contribution is -2.61. The average molecular weight is 590 g/mol. The summed E-state index contributed by atoms with van der Waals surface area (Å²) in [4.78, 5) is 13.9. The highest BCUT2D eigenvalue weighted by Gasteiger charge is 2.48. The van der Waals surface area contributed by atoms with Crippen molar-refractivity contribution in [3.63, 3.8) is 0 Å². The number of carboxylic acids is 1. The zero-order chi connectivity index (χ0) is 29.9. The minimum atomic E-state index is -1.77. The number of fused-ring (bicyclic) bond motifs is 1. The first-order valence-corrected chi connectivity index (χ1v) is 15.1. The number of aliphatic carboxylic acids is 1. The fraction of sp³-hybridized carbons (Fsp3) is 0.441. The van der Waals surface area contributed by atoms with Crippen LogP contribution in [0.25, 0.3) is 0 Å². The van der Waals surface area contributed by atoms with Crippen LogP contribution in [0.4, 0.5) is 0 Å². The van der Waals surface area contributed by atoms with E-state index < -0.39 is 36.7 Å². The number of hydrogen-bond donors (Lipinski definition) is 4. The van der Waals surface area contributed by atoms with Crippen molar-refractivity contribution in [2.45, 2.75) is 68.2 Å². The number of aryl methyl sites for hydroxylation is 1. The van der Waals surface area contributed by atoms with Crippen molar-refractivity contribution in [2.24, 2.45) is 0 Å². The molecule has 6 rings (SSSR count). The molecular weight excluding hydrogens is 550 g/mol. The van der Waals surface area contributed by atoms with E-state index in [1.807, 2.05) is 30.3 Å². The molecule has 1 aliphatic carbocycles. The summed E-state index contributed by atoms with van der Waals surface area (Å²) in [5.41, 5.74) is 4.71. The highest BCUT2D eigenvalue weighted by Crippen LogP contribution is 2.47. The molecule has 9 nitrogen and oxygen atoms in total. The molecule has 0 aromatic heterocycles. The van der Waals surface area contributed by atoms with Gasteiger partial charge in [0.15, 0.2) is 6.10 Å². The molecule has 2 fully saturated rings. The Morgan fingerprint density at radius 3 is 2.30 bits per heavy atom. The standard InChI is InChI=1S/C34H39NO8/c36-29-30(37)32(33(39)40)43-34(31(29)38)42-25-13-15-27-23(20-25)10-14-26(21-6-2-1-3-7-21)28(27)22-8-11-24(12-9-22)41-19-18-35-16-4-5-17-35/h1-3,6-9,11-13,15,20,26,28-32,34,36-38H,4-5,10,14,16-19H2,(H,39,40)/t26-,28+,29?,30?,31?,32?,34?/m1/s1. The molecule has 0 amide bonds. The van der Waals surface area contributed by atoms with E-state index in [1.54, 1.807) is 6.07 Å². The van der Waals surface area contributed by atoms with Gasteiger partial charge in [-0.2, -0.15) is 0 Å². The van der Waals surface area contributed by atoms with Crippen LogP contribution in [0.5, 0.6) is 11.5 Å². The Hall–Kier alpha value is -3.47. The largest absolute Gasteiger partial charge is 0.492 e. The van der Waals surface area contributed by atoms with Crippen LogP contribution in [0.2, 0.25) is 0 Å². The van der Waals surface area contributed by atoms with Crippen molar-refractivity contribution in [1.82, 2.24) is 4.90 Å². The van der Waals surface area contributed by atoms with Gasteiger partial charge >= 0.3 is 5.97 Å². The topological polar surface area (TPSA) is 129 Å². The van der Waals surface area contributed by atoms with Crippen LogP contribution in [0.3, 0.4) is 0 Å². The molecule has 228 valence electrons. The first-order valence-electron chi connectivity index (χ1n) is 15.1. The van der Waals surface area contributed by atoms with E-state index >= 15 is 0 Å². The Balaban J connectivity index is 1.23. The smallest absolute Gasteiger partial charge is 0.335 e. The second kappa shape index (κ2) is 13.0. The van der Waals surface area contributed by atoms with Crippen molar-refractivity contribution in [3.8, 4) is 11.5 Å². The van der Waals surface area contributed by atoms with E-state index in [0.717, 1.165) is 43.8 Å². The molecule has 2 saturated heterocycles. The molecule has 2 heterocycles. The van der Waals surface area contributed by atoms with E-state index in [0.29, 0.717) is 12.4 Å². The number of carboxylic acid groups (broad SMARTS) is 1. The Labute approximate surface area is 251 Å². The summed E-state index contributed by atoms with van der Waals surface area (Å²) in [6, 6.07) is 24.6. The molecule has 3 aliphatic rings. The van der Waals surface area contributed by atoms with E-state index in [-0.39, 0.29) is 11.8 Å². The van der Waals surface area contributed by atoms with E-state index in [9.17, 15) is 25.2 Å². The van der Waals surface area contributed by atoms with Crippen LogP contribution in [-0.2, 0) is 16.0 Å². The lowest BCUT2D eigenvalue weighted by molar-refractivity contribution is -0.271. The Morgan fingerprint density at radius 2 is 1.58 bits per heavy atom. The average Bonchev–Trinajstić information content (AvgIpc) is 3.55. The number of benzene rings is 3. The maximum Gasteiger partial charge on any atom is 0.335 e. The minimum Gasteiger partial charge on any atom is -0.492 e. The third kappa shape index (κ3) is 6.41. The molecular formula is C34H39NO8. The number of aliphatic hydroxyl groups excluding tert-OH is 3. The van der Waals surface area contributed by atoms with Gasteiger partial charge in [-0.25, -0.2) is 4.79 Å². The van der Waals surface area contributed by atoms with Crippen LogP contribution in [0.1, 0.15) is 53.4 Å². The number of hydrogen-bond acceptors (Lipinski definition) is 8. The van der Waals surface area contributed by atoms with Gasteiger partial charge in [0.05, 0.1) is 0 Å². The molecule has 7 atom stereocenters. The van der Waals surface area contributed by atoms with E-state index in [2.05, 4.69) is 41.3 Å². The highest BCUT2D eigenvalue weighted by molar-refractivity contribution is 5.73. The molecule has 0 bridgehead atoms. The van der Waals surface area contributed by atoms with Gasteiger partial charge in [0.25, 0.3) is 0 Å². The lowest BCUT2D eigenvalue weighted by Gasteiger charge is -2.39. The molecule has 43 heavy (non-hydrogen) atoms. The number of aliphatic hydroxyl groups is 3. The number of ether oxygens (including phenoxy) is 3. The normalized spacial score (nSPS) is 29.1. The summed E-state index contributed by atoms with van der Waals surface area (Å²) < 4.78 is 17.2. The predicted octanol–water partition coefficient (Wildman–Crippen LogP) is 3.29. The van der Waals surface area contributed by atoms with Crippen LogP contribution < -0.4 is 9.47 Å². The number of rotatable bonds is 9. The van der Waals surface area contributed by atoms with Crippen molar-refractivity contribution in [1.29, 1.82) is 0 Å². The zero-order valence-electron chi connectivity index (χ0n) is 24.0. The summed E-state index contributed by atoms with van der Waals surface area (Å²) >= 11 is 0. The number of nitrogens with zero attached hydrogens (tertiary/aromatic N) is 1. The molecule has 0 radical (unpaired) electrons. The second-order valence-electron chi connectivity index (χ2n) is 11.7. The van der Waals surface area contributed by atoms with Gasteiger partial charge in [-0.3, -0.25) is 4.90 Å². The lowest BCUT2D eigenvalue weighted by atomic mass is 9.69. The first kappa shape index (κ1) is 29.6. The van der Waals surface area contributed by atoms with Crippen LogP contribution in [-0.4, -0.2) is 88.2 Å². The summed E-state index contributed by atoms with van der Waals surface area (Å²) in [7, 11) is 0. The van der Waals surface area contributed by atoms with Gasteiger partial charge in [0.2, 0.25) is 6.29 Å². The monoisotopic (exact) mass is 589 g/mol. The van der Waals surface area contributed by atoms with Crippen molar-refractivity contribution in [2.75, 3.05) is 26.2 Å². The SMILES string of the molecule is O=C(O)C1OC(Oc2ccc3c(c2)CC[C@H](c2ccccc2)[C@@H]3c2ccc(OCCN3CCCC3)cc2)C(O)C(O)C1O. The van der Waals surface area contributed by atoms with Gasteiger partial charge in [0.1, 0.15) is 36.4 Å². The van der Waals surface area contributed by atoms with Gasteiger partial charge < -0.3 is 34.6 Å². The molecule has 3 aromatic rings. The van der Waals surface area contributed by atoms with Crippen molar-refractivity contribution in [3.05, 3.63) is 95.1 Å². The van der Waals surface area contributed by atoms with Crippen LogP contribution >= 0.6 is 0 Å². The fourth-order valence-corrected chi connectivity index (χ4v) is 6.69. The molecule has 0 saturated carbocycles. The van der Waals surface area contributed by atoms with E-state index in [4.69, 9.17) is 14.2 Å². The van der Waals surface area contributed by atoms with Crippen molar-refractivity contribution < 1.29 is 39.4 Å². The van der Waals surface area contributed by atoms with Gasteiger partial charge in [-0.15, -0.1) is 0 Å². The van der Waals surface area contributed by atoms with Gasteiger partial charge in [-0.05, 0) is 91.2 Å². The van der Waals surface area contributed by atoms with Gasteiger partial charge in [0, 0.05) is 12.5 Å². The molecule has 9 heteroatoms. The molecule has 0 spiro atoms. The second-order valence-corrected chi connectivity index (χ2v) is 11.7. The highest BCUT2D eigenvalue weighted by atomic mass is 16.7. The van der Waals surface area contributed by atoms with Crippen LogP contribution in [0.15, 0.2) is 72.8 Å². The fourth-order valence-electron chi connectivity index (χ4n) is 6.69. The third-order valence-electron chi connectivity index (χ3n) is 8.98. The number of likely N-dealkylation sites (tertiary alicyclic amines) is 1. The minimum absolute atomic E-state index is 0.0868. The molecule has 3 aromatic carbocycles. The van der Waals surface area contributed by atoms with Crippen molar-refractivity contribution >= 4 is 5.97 Å². The third-order valence-corrected chi connectivity index (χ3v) is 8.98. The quantitative estimate of drug-likeness (QED) is 0.297. The Bertz CT molecular complexity index is 1380. The molecule has 4 N–H and O–H groups in total. The summed E-state index contributed by atoms with van der Waals surface area (Å²) in [5.74, 6) is 0.143. The maximum absolute atomic E-state index is 11.5. The molecule has 5 unspecified atom stereocenters. The van der Waals surface area contributed by atoms with Gasteiger partial charge in [-0.1, -0.05) is 48.5 Å². The Morgan fingerprint density at radius 1 is 0.860 bits per heavy atom. The number of carbonyl (C=O) groups is 1. The predicted molar refractivity (Wildman–Crippen MR) is 158 cm³/mol. The van der Waals surface area contributed by atoms with Crippen LogP contribution in [0, 0.1) is 0 Å². The summed E-state index contributed by atoms with van der Waals surface area (Å²) in [6.07, 6.45) is -4.04. The zero-order valence-corrected chi connectivity index (χ0v) is 24.0. The summed E-state index contributed by atoms with van der Waals surface area (Å²) in [6.45, 7) is 3.92. The Kier molecular flexibility index (Phi) is 8.97. The van der Waals surface area contributed by atoms with E-state index in [1.165, 1.54) is 29.5 Å². The maximum atomic E-state index is 11.5. The summed E-state index contributed by atoms with van der Waals surface area (Å²) in [5, 5.41) is 40.0. The first-order chi connectivity index (χ1) is 20.9.